The fourth-order valence-electron chi connectivity index (χ4n) is 2.41. The Bertz CT molecular complexity index is 169. The van der Waals surface area contributed by atoms with Gasteiger partial charge in [-0.1, -0.05) is 13.8 Å². The number of nitrogens with one attached hydrogen (secondary N) is 1. The van der Waals surface area contributed by atoms with Gasteiger partial charge in [0.05, 0.1) is 0 Å². The van der Waals surface area contributed by atoms with E-state index in [1.165, 1.54) is 25.7 Å². The van der Waals surface area contributed by atoms with Crippen LogP contribution in [-0.2, 0) is 4.74 Å². The summed E-state index contributed by atoms with van der Waals surface area (Å²) in [6.45, 7) is 8.64. The van der Waals surface area contributed by atoms with Crippen LogP contribution in [0, 0.1) is 0 Å². The summed E-state index contributed by atoms with van der Waals surface area (Å²) in [7, 11) is 2.28. The summed E-state index contributed by atoms with van der Waals surface area (Å²) in [6.07, 6.45) is 4.84. The van der Waals surface area contributed by atoms with Gasteiger partial charge in [-0.15, -0.1) is 0 Å². The van der Waals surface area contributed by atoms with Gasteiger partial charge in [0.25, 0.3) is 0 Å². The molecule has 1 unspecified atom stereocenters. The van der Waals surface area contributed by atoms with Gasteiger partial charge in [-0.3, -0.25) is 4.90 Å². The quantitative estimate of drug-likeness (QED) is 0.673. The van der Waals surface area contributed by atoms with Gasteiger partial charge in [0.15, 0.2) is 0 Å². The zero-order chi connectivity index (χ0) is 11.8. The molecule has 3 heteroatoms. The van der Waals surface area contributed by atoms with Crippen LogP contribution in [-0.4, -0.2) is 50.3 Å². The molecule has 3 nitrogen and oxygen atoms in total. The molecule has 0 radical (unpaired) electrons. The summed E-state index contributed by atoms with van der Waals surface area (Å²) in [4.78, 5) is 2.56. The number of hydrogen-bond donors (Lipinski definition) is 1. The van der Waals surface area contributed by atoms with Crippen molar-refractivity contribution in [3.05, 3.63) is 0 Å². The molecule has 1 fully saturated rings. The van der Waals surface area contributed by atoms with Crippen LogP contribution < -0.4 is 5.32 Å². The van der Waals surface area contributed by atoms with E-state index in [0.29, 0.717) is 6.04 Å². The average Bonchev–Trinajstić information content (AvgIpc) is 2.35. The van der Waals surface area contributed by atoms with Crippen LogP contribution in [0.3, 0.4) is 0 Å². The molecule has 1 atom stereocenters. The summed E-state index contributed by atoms with van der Waals surface area (Å²) in [5.41, 5.74) is 0. The van der Waals surface area contributed by atoms with Crippen molar-refractivity contribution in [3.63, 3.8) is 0 Å². The Morgan fingerprint density at radius 3 is 2.56 bits per heavy atom. The molecular formula is C13H28N2O. The van der Waals surface area contributed by atoms with Gasteiger partial charge in [-0.2, -0.15) is 0 Å². The van der Waals surface area contributed by atoms with Crippen LogP contribution in [0.25, 0.3) is 0 Å². The Labute approximate surface area is 101 Å². The Balaban J connectivity index is 2.31. The summed E-state index contributed by atoms with van der Waals surface area (Å²) >= 11 is 0. The lowest BCUT2D eigenvalue weighted by molar-refractivity contribution is 0.0278. The Morgan fingerprint density at radius 1 is 1.31 bits per heavy atom. The van der Waals surface area contributed by atoms with Crippen LogP contribution in [0.15, 0.2) is 0 Å². The average molecular weight is 228 g/mol. The minimum atomic E-state index is 0.676. The number of likely N-dealkylation sites (N-methyl/N-ethyl adjacent to an activating group) is 1. The van der Waals surface area contributed by atoms with Crippen LogP contribution in [0.1, 0.15) is 39.5 Å². The van der Waals surface area contributed by atoms with Crippen molar-refractivity contribution >= 4 is 0 Å². The SMILES string of the molecule is CCCNCC(CC)N(C)C1CCOCC1. The molecule has 96 valence electrons. The maximum Gasteiger partial charge on any atom is 0.0480 e. The highest BCUT2D eigenvalue weighted by Crippen LogP contribution is 2.16. The Hall–Kier alpha value is -0.120. The second-order valence-corrected chi connectivity index (χ2v) is 4.78. The second-order valence-electron chi connectivity index (χ2n) is 4.78. The molecule has 1 N–H and O–H groups in total. The standard InChI is InChI=1S/C13H28N2O/c1-4-8-14-11-12(5-2)15(3)13-6-9-16-10-7-13/h12-14H,4-11H2,1-3H3. The first kappa shape index (κ1) is 13.9. The van der Waals surface area contributed by atoms with Crippen molar-refractivity contribution in [2.24, 2.45) is 0 Å². The van der Waals surface area contributed by atoms with Crippen LogP contribution in [0.5, 0.6) is 0 Å². The maximum absolute atomic E-state index is 5.42. The number of rotatable bonds is 7. The van der Waals surface area contributed by atoms with E-state index in [-0.39, 0.29) is 0 Å². The fraction of sp³-hybridized carbons (Fsp3) is 1.00. The van der Waals surface area contributed by atoms with Gasteiger partial charge in [0, 0.05) is 31.8 Å². The van der Waals surface area contributed by atoms with E-state index in [4.69, 9.17) is 4.74 Å². The van der Waals surface area contributed by atoms with Crippen LogP contribution >= 0.6 is 0 Å². The summed E-state index contributed by atoms with van der Waals surface area (Å²) in [5.74, 6) is 0. The lowest BCUT2D eigenvalue weighted by atomic mass is 10.0. The summed E-state index contributed by atoms with van der Waals surface area (Å²) < 4.78 is 5.42. The van der Waals surface area contributed by atoms with Gasteiger partial charge < -0.3 is 10.1 Å². The molecule has 0 aromatic rings. The highest BCUT2D eigenvalue weighted by molar-refractivity contribution is 4.79. The minimum absolute atomic E-state index is 0.676. The van der Waals surface area contributed by atoms with Crippen molar-refractivity contribution in [3.8, 4) is 0 Å². The first-order chi connectivity index (χ1) is 7.79. The lowest BCUT2D eigenvalue weighted by Crippen LogP contribution is -2.47. The Morgan fingerprint density at radius 2 is 2.00 bits per heavy atom. The molecule has 0 aromatic carbocycles. The van der Waals surface area contributed by atoms with Crippen molar-refractivity contribution in [2.75, 3.05) is 33.4 Å². The number of nitrogens with zero attached hydrogens (tertiary/aromatic N) is 1. The van der Waals surface area contributed by atoms with Crippen molar-refractivity contribution in [2.45, 2.75) is 51.6 Å². The van der Waals surface area contributed by atoms with Crippen LogP contribution in [0.2, 0.25) is 0 Å². The topological polar surface area (TPSA) is 24.5 Å². The molecule has 0 saturated carbocycles. The summed E-state index contributed by atoms with van der Waals surface area (Å²) in [5, 5.41) is 3.53. The third-order valence-electron chi connectivity index (χ3n) is 3.62. The highest BCUT2D eigenvalue weighted by atomic mass is 16.5. The molecule has 0 aromatic heterocycles. The monoisotopic (exact) mass is 228 g/mol. The Kier molecular flexibility index (Phi) is 7.01. The molecule has 1 heterocycles. The van der Waals surface area contributed by atoms with Gasteiger partial charge >= 0.3 is 0 Å². The van der Waals surface area contributed by atoms with E-state index < -0.39 is 0 Å². The van der Waals surface area contributed by atoms with Gasteiger partial charge in [-0.25, -0.2) is 0 Å². The highest BCUT2D eigenvalue weighted by Gasteiger charge is 2.23. The van der Waals surface area contributed by atoms with Gasteiger partial charge in [0.1, 0.15) is 0 Å². The van der Waals surface area contributed by atoms with Gasteiger partial charge in [0.2, 0.25) is 0 Å². The molecule has 1 saturated heterocycles. The third-order valence-corrected chi connectivity index (χ3v) is 3.62. The maximum atomic E-state index is 5.42. The second kappa shape index (κ2) is 8.04. The third kappa shape index (κ3) is 4.40. The molecule has 0 bridgehead atoms. The van der Waals surface area contributed by atoms with Crippen molar-refractivity contribution < 1.29 is 4.74 Å². The molecule has 0 amide bonds. The first-order valence-corrected chi connectivity index (χ1v) is 6.80. The molecular weight excluding hydrogens is 200 g/mol. The number of ether oxygens (including phenoxy) is 1. The van der Waals surface area contributed by atoms with E-state index in [1.54, 1.807) is 0 Å². The van der Waals surface area contributed by atoms with E-state index in [0.717, 1.165) is 32.3 Å². The molecule has 1 aliphatic heterocycles. The predicted molar refractivity (Wildman–Crippen MR) is 68.8 cm³/mol. The van der Waals surface area contributed by atoms with Crippen molar-refractivity contribution in [1.82, 2.24) is 10.2 Å². The van der Waals surface area contributed by atoms with E-state index >= 15 is 0 Å². The molecule has 0 aliphatic carbocycles. The molecule has 1 rings (SSSR count). The van der Waals surface area contributed by atoms with Crippen molar-refractivity contribution in [1.29, 1.82) is 0 Å². The molecule has 16 heavy (non-hydrogen) atoms. The van der Waals surface area contributed by atoms with E-state index in [9.17, 15) is 0 Å². The normalized spacial score (nSPS) is 20.2. The van der Waals surface area contributed by atoms with Crippen LogP contribution in [0.4, 0.5) is 0 Å². The largest absolute Gasteiger partial charge is 0.381 e. The number of hydrogen-bond acceptors (Lipinski definition) is 3. The smallest absolute Gasteiger partial charge is 0.0480 e. The summed E-state index contributed by atoms with van der Waals surface area (Å²) in [6, 6.07) is 1.40. The fourth-order valence-corrected chi connectivity index (χ4v) is 2.41. The zero-order valence-corrected chi connectivity index (χ0v) is 11.2. The molecule has 0 spiro atoms. The van der Waals surface area contributed by atoms with E-state index in [1.807, 2.05) is 0 Å². The van der Waals surface area contributed by atoms with E-state index in [2.05, 4.69) is 31.1 Å². The zero-order valence-electron chi connectivity index (χ0n) is 11.2. The first-order valence-electron chi connectivity index (χ1n) is 6.80. The minimum Gasteiger partial charge on any atom is -0.381 e. The van der Waals surface area contributed by atoms with Gasteiger partial charge in [-0.05, 0) is 39.3 Å². The molecule has 1 aliphatic rings. The lowest BCUT2D eigenvalue weighted by Gasteiger charge is -2.37. The predicted octanol–water partition coefficient (Wildman–Crippen LogP) is 1.88.